The van der Waals surface area contributed by atoms with E-state index in [9.17, 15) is 9.90 Å². The third kappa shape index (κ3) is 7.63. The van der Waals surface area contributed by atoms with Crippen molar-refractivity contribution in [3.8, 4) is 16.9 Å². The predicted octanol–water partition coefficient (Wildman–Crippen LogP) is 3.16. The van der Waals surface area contributed by atoms with Gasteiger partial charge in [-0.1, -0.05) is 42.8 Å². The number of rotatable bonds is 11. The molecule has 1 atom stereocenters. The zero-order chi connectivity index (χ0) is 21.9. The first kappa shape index (κ1) is 23.2. The Bertz CT molecular complexity index is 789. The van der Waals surface area contributed by atoms with Crippen molar-refractivity contribution in [3.63, 3.8) is 0 Å². The molecule has 3 N–H and O–H groups in total. The SMILES string of the molecule is O=C(CCCCC(O)c1ccc(-c2ccc(OCCN3CCOCC3)cc2)cc1)NO. The molecule has 1 fully saturated rings. The lowest BCUT2D eigenvalue weighted by Crippen LogP contribution is -2.38. The maximum absolute atomic E-state index is 11.0. The number of nitrogens with zero attached hydrogens (tertiary/aromatic N) is 1. The van der Waals surface area contributed by atoms with Crippen LogP contribution in [0.2, 0.25) is 0 Å². The fourth-order valence-electron chi connectivity index (χ4n) is 3.60. The van der Waals surface area contributed by atoms with Gasteiger partial charge in [-0.3, -0.25) is 14.9 Å². The number of nitrogens with one attached hydrogen (secondary N) is 1. The lowest BCUT2D eigenvalue weighted by Gasteiger charge is -2.26. The summed E-state index contributed by atoms with van der Waals surface area (Å²) in [6, 6.07) is 15.9. The summed E-state index contributed by atoms with van der Waals surface area (Å²) in [6.45, 7) is 5.10. The molecule has 0 aromatic heterocycles. The summed E-state index contributed by atoms with van der Waals surface area (Å²) >= 11 is 0. The number of amides is 1. The van der Waals surface area contributed by atoms with Gasteiger partial charge >= 0.3 is 0 Å². The standard InChI is InChI=1S/C24H32N2O5/c27-23(3-1-2-4-24(28)25-29)21-7-5-19(6-8-21)20-9-11-22(12-10-20)31-18-15-26-13-16-30-17-14-26/h5-12,23,27,29H,1-4,13-18H2,(H,25,28). The lowest BCUT2D eigenvalue weighted by atomic mass is 9.99. The number of ether oxygens (including phenoxy) is 2. The molecule has 1 aliphatic heterocycles. The Morgan fingerprint density at radius 1 is 1.03 bits per heavy atom. The van der Waals surface area contributed by atoms with E-state index in [1.165, 1.54) is 0 Å². The number of aliphatic hydroxyl groups is 1. The van der Waals surface area contributed by atoms with Gasteiger partial charge in [0.1, 0.15) is 12.4 Å². The van der Waals surface area contributed by atoms with Gasteiger partial charge in [0, 0.05) is 26.1 Å². The molecule has 1 amide bonds. The van der Waals surface area contributed by atoms with Crippen LogP contribution in [0.25, 0.3) is 11.1 Å². The minimum atomic E-state index is -0.562. The molecule has 7 heteroatoms. The van der Waals surface area contributed by atoms with E-state index in [-0.39, 0.29) is 6.42 Å². The molecule has 1 heterocycles. The Labute approximate surface area is 183 Å². The van der Waals surface area contributed by atoms with Gasteiger partial charge in [-0.2, -0.15) is 0 Å². The molecule has 1 aliphatic rings. The van der Waals surface area contributed by atoms with Gasteiger partial charge in [0.2, 0.25) is 5.91 Å². The van der Waals surface area contributed by atoms with Crippen LogP contribution in [0, 0.1) is 0 Å². The van der Waals surface area contributed by atoms with E-state index in [1.54, 1.807) is 5.48 Å². The van der Waals surface area contributed by atoms with Crippen LogP contribution in [-0.2, 0) is 9.53 Å². The molecule has 2 aromatic rings. The van der Waals surface area contributed by atoms with Crippen LogP contribution in [0.15, 0.2) is 48.5 Å². The monoisotopic (exact) mass is 428 g/mol. The van der Waals surface area contributed by atoms with Crippen LogP contribution in [-0.4, -0.2) is 60.6 Å². The summed E-state index contributed by atoms with van der Waals surface area (Å²) in [6.07, 6.45) is 1.61. The average Bonchev–Trinajstić information content (AvgIpc) is 2.83. The minimum Gasteiger partial charge on any atom is -0.492 e. The topological polar surface area (TPSA) is 91.3 Å². The van der Waals surface area contributed by atoms with Crippen molar-refractivity contribution >= 4 is 5.91 Å². The zero-order valence-electron chi connectivity index (χ0n) is 17.8. The molecule has 1 unspecified atom stereocenters. The van der Waals surface area contributed by atoms with Gasteiger partial charge in [-0.25, -0.2) is 5.48 Å². The predicted molar refractivity (Wildman–Crippen MR) is 118 cm³/mol. The fourth-order valence-corrected chi connectivity index (χ4v) is 3.60. The molecule has 0 aliphatic carbocycles. The van der Waals surface area contributed by atoms with Crippen molar-refractivity contribution in [3.05, 3.63) is 54.1 Å². The molecule has 31 heavy (non-hydrogen) atoms. The molecule has 168 valence electrons. The van der Waals surface area contributed by atoms with E-state index < -0.39 is 12.0 Å². The van der Waals surface area contributed by atoms with Crippen LogP contribution in [0.4, 0.5) is 0 Å². The number of benzene rings is 2. The van der Waals surface area contributed by atoms with Crippen molar-refractivity contribution in [2.24, 2.45) is 0 Å². The molecule has 0 saturated carbocycles. The van der Waals surface area contributed by atoms with Crippen LogP contribution >= 0.6 is 0 Å². The number of aliphatic hydroxyl groups excluding tert-OH is 1. The van der Waals surface area contributed by atoms with Crippen LogP contribution in [0.5, 0.6) is 5.75 Å². The van der Waals surface area contributed by atoms with Crippen LogP contribution in [0.3, 0.4) is 0 Å². The Morgan fingerprint density at radius 2 is 1.68 bits per heavy atom. The first-order valence-corrected chi connectivity index (χ1v) is 10.9. The summed E-state index contributed by atoms with van der Waals surface area (Å²) in [5.41, 5.74) is 4.65. The Kier molecular flexibility index (Phi) is 9.30. The van der Waals surface area contributed by atoms with E-state index in [0.29, 0.717) is 25.9 Å². The first-order valence-electron chi connectivity index (χ1n) is 10.9. The Hall–Kier alpha value is -2.45. The maximum Gasteiger partial charge on any atom is 0.243 e. The summed E-state index contributed by atoms with van der Waals surface area (Å²) < 4.78 is 11.2. The number of morpholine rings is 1. The van der Waals surface area contributed by atoms with Gasteiger partial charge in [-0.15, -0.1) is 0 Å². The fraction of sp³-hybridized carbons (Fsp3) is 0.458. The smallest absolute Gasteiger partial charge is 0.243 e. The van der Waals surface area contributed by atoms with E-state index in [4.69, 9.17) is 14.7 Å². The molecule has 2 aromatic carbocycles. The minimum absolute atomic E-state index is 0.259. The summed E-state index contributed by atoms with van der Waals surface area (Å²) in [5.74, 6) is 0.464. The third-order valence-corrected chi connectivity index (χ3v) is 5.52. The molecule has 0 bridgehead atoms. The lowest BCUT2D eigenvalue weighted by molar-refractivity contribution is -0.129. The van der Waals surface area contributed by atoms with Crippen molar-refractivity contribution in [2.75, 3.05) is 39.5 Å². The summed E-state index contributed by atoms with van der Waals surface area (Å²) in [5, 5.41) is 18.8. The number of unbranched alkanes of at least 4 members (excludes halogenated alkanes) is 1. The van der Waals surface area contributed by atoms with Gasteiger partial charge < -0.3 is 14.6 Å². The van der Waals surface area contributed by atoms with Crippen molar-refractivity contribution < 1.29 is 24.6 Å². The summed E-state index contributed by atoms with van der Waals surface area (Å²) in [4.78, 5) is 13.3. The van der Waals surface area contributed by atoms with Gasteiger partial charge in [0.25, 0.3) is 0 Å². The van der Waals surface area contributed by atoms with E-state index in [2.05, 4.69) is 4.90 Å². The number of hydrogen-bond donors (Lipinski definition) is 3. The quantitative estimate of drug-likeness (QED) is 0.289. The summed E-state index contributed by atoms with van der Waals surface area (Å²) in [7, 11) is 0. The molecular formula is C24H32N2O5. The Balaban J connectivity index is 1.43. The highest BCUT2D eigenvalue weighted by Gasteiger charge is 2.10. The normalized spacial score (nSPS) is 15.4. The van der Waals surface area contributed by atoms with E-state index in [0.717, 1.165) is 55.3 Å². The second-order valence-electron chi connectivity index (χ2n) is 7.75. The Morgan fingerprint density at radius 3 is 2.32 bits per heavy atom. The van der Waals surface area contributed by atoms with Crippen LogP contribution in [0.1, 0.15) is 37.4 Å². The van der Waals surface area contributed by atoms with Crippen molar-refractivity contribution in [1.29, 1.82) is 0 Å². The second kappa shape index (κ2) is 12.4. The number of carbonyl (C=O) groups excluding carboxylic acids is 1. The van der Waals surface area contributed by atoms with Gasteiger partial charge in [-0.05, 0) is 41.7 Å². The molecular weight excluding hydrogens is 396 g/mol. The highest BCUT2D eigenvalue weighted by molar-refractivity contribution is 5.74. The highest BCUT2D eigenvalue weighted by atomic mass is 16.5. The van der Waals surface area contributed by atoms with E-state index in [1.807, 2.05) is 48.5 Å². The average molecular weight is 429 g/mol. The second-order valence-corrected chi connectivity index (χ2v) is 7.75. The first-order chi connectivity index (χ1) is 15.2. The van der Waals surface area contributed by atoms with E-state index >= 15 is 0 Å². The maximum atomic E-state index is 11.0. The number of carbonyl (C=O) groups is 1. The molecule has 7 nitrogen and oxygen atoms in total. The number of hydroxylamine groups is 1. The third-order valence-electron chi connectivity index (χ3n) is 5.52. The van der Waals surface area contributed by atoms with Crippen molar-refractivity contribution in [2.45, 2.75) is 31.8 Å². The van der Waals surface area contributed by atoms with Gasteiger partial charge in [0.05, 0.1) is 19.3 Å². The highest BCUT2D eigenvalue weighted by Crippen LogP contribution is 2.26. The zero-order valence-corrected chi connectivity index (χ0v) is 17.8. The molecule has 3 rings (SSSR count). The van der Waals surface area contributed by atoms with Crippen molar-refractivity contribution in [1.82, 2.24) is 10.4 Å². The number of hydrogen-bond acceptors (Lipinski definition) is 6. The van der Waals surface area contributed by atoms with Gasteiger partial charge in [0.15, 0.2) is 0 Å². The largest absolute Gasteiger partial charge is 0.492 e. The molecule has 0 spiro atoms. The van der Waals surface area contributed by atoms with Crippen LogP contribution < -0.4 is 10.2 Å². The molecule has 0 radical (unpaired) electrons. The molecule has 1 saturated heterocycles.